The number of rotatable bonds is 3. The summed E-state index contributed by atoms with van der Waals surface area (Å²) in [7, 11) is 0. The van der Waals surface area contributed by atoms with E-state index in [0.29, 0.717) is 12.1 Å². The summed E-state index contributed by atoms with van der Waals surface area (Å²) in [6.07, 6.45) is 3.48. The molecule has 0 saturated carbocycles. The molecule has 0 fully saturated rings. The third-order valence-electron chi connectivity index (χ3n) is 2.33. The third-order valence-corrected chi connectivity index (χ3v) is 2.79. The zero-order valence-corrected chi connectivity index (χ0v) is 11.4. The van der Waals surface area contributed by atoms with Gasteiger partial charge in [0.05, 0.1) is 35.8 Å². The van der Waals surface area contributed by atoms with Crippen molar-refractivity contribution in [3.63, 3.8) is 0 Å². The number of nitriles is 1. The molecule has 0 atom stereocenters. The Morgan fingerprint density at radius 2 is 2.11 bits per heavy atom. The highest BCUT2D eigenvalue weighted by Crippen LogP contribution is 2.19. The lowest BCUT2D eigenvalue weighted by atomic mass is 10.2. The van der Waals surface area contributed by atoms with Crippen LogP contribution in [0.15, 0.2) is 35.1 Å². The van der Waals surface area contributed by atoms with E-state index in [1.54, 1.807) is 24.5 Å². The molecular formula is C13H11BrN4. The minimum absolute atomic E-state index is 0.578. The van der Waals surface area contributed by atoms with Crippen LogP contribution in [0.5, 0.6) is 0 Å². The Labute approximate surface area is 114 Å². The second kappa shape index (κ2) is 5.61. The van der Waals surface area contributed by atoms with Gasteiger partial charge in [-0.1, -0.05) is 15.9 Å². The van der Waals surface area contributed by atoms with Crippen molar-refractivity contribution < 1.29 is 0 Å². The van der Waals surface area contributed by atoms with Crippen molar-refractivity contribution >= 4 is 21.6 Å². The minimum Gasteiger partial charge on any atom is -0.379 e. The molecular weight excluding hydrogens is 292 g/mol. The van der Waals surface area contributed by atoms with E-state index in [9.17, 15) is 0 Å². The Morgan fingerprint density at radius 3 is 2.78 bits per heavy atom. The molecule has 1 N–H and O–H groups in total. The molecule has 1 aromatic carbocycles. The average molecular weight is 303 g/mol. The van der Waals surface area contributed by atoms with E-state index < -0.39 is 0 Å². The minimum atomic E-state index is 0.578. The van der Waals surface area contributed by atoms with E-state index >= 15 is 0 Å². The van der Waals surface area contributed by atoms with Crippen molar-refractivity contribution in [3.05, 3.63) is 52.0 Å². The Balaban J connectivity index is 2.08. The van der Waals surface area contributed by atoms with Crippen LogP contribution < -0.4 is 5.32 Å². The summed E-state index contributed by atoms with van der Waals surface area (Å²) in [4.78, 5) is 8.44. The van der Waals surface area contributed by atoms with Crippen molar-refractivity contribution in [2.75, 3.05) is 5.32 Å². The van der Waals surface area contributed by atoms with Gasteiger partial charge in [-0.05, 0) is 25.1 Å². The van der Waals surface area contributed by atoms with Crippen molar-refractivity contribution in [3.8, 4) is 6.07 Å². The third kappa shape index (κ3) is 3.28. The molecule has 2 rings (SSSR count). The second-order valence-electron chi connectivity index (χ2n) is 3.84. The first-order valence-corrected chi connectivity index (χ1v) is 6.19. The first-order chi connectivity index (χ1) is 8.67. The zero-order chi connectivity index (χ0) is 13.0. The maximum Gasteiger partial charge on any atom is 0.0992 e. The summed E-state index contributed by atoms with van der Waals surface area (Å²) >= 11 is 3.37. The van der Waals surface area contributed by atoms with Gasteiger partial charge < -0.3 is 5.32 Å². The molecule has 1 aromatic heterocycles. The molecule has 5 heteroatoms. The van der Waals surface area contributed by atoms with Gasteiger partial charge in [0.2, 0.25) is 0 Å². The summed E-state index contributed by atoms with van der Waals surface area (Å²) in [5.74, 6) is 0. The predicted molar refractivity (Wildman–Crippen MR) is 73.0 cm³/mol. The molecule has 0 aliphatic heterocycles. The Kier molecular flexibility index (Phi) is 3.90. The molecule has 0 bridgehead atoms. The number of nitrogens with zero attached hydrogens (tertiary/aromatic N) is 3. The topological polar surface area (TPSA) is 61.6 Å². The number of aromatic nitrogens is 2. The van der Waals surface area contributed by atoms with Crippen LogP contribution in [0.3, 0.4) is 0 Å². The molecule has 2 aromatic rings. The standard InChI is InChI=1S/C13H11BrN4/c1-9-6-17-13(7-16-9)8-18-12-3-10(5-15)2-11(14)4-12/h2-4,6-7,18H,8H2,1H3. The van der Waals surface area contributed by atoms with E-state index in [1.807, 2.05) is 13.0 Å². The summed E-state index contributed by atoms with van der Waals surface area (Å²) in [5, 5.41) is 12.1. The van der Waals surface area contributed by atoms with E-state index in [0.717, 1.165) is 21.5 Å². The molecule has 18 heavy (non-hydrogen) atoms. The van der Waals surface area contributed by atoms with Crippen LogP contribution in [0, 0.1) is 18.3 Å². The van der Waals surface area contributed by atoms with Crippen LogP contribution in [-0.2, 0) is 6.54 Å². The fourth-order valence-corrected chi connectivity index (χ4v) is 1.95. The fraction of sp³-hybridized carbons (Fsp3) is 0.154. The van der Waals surface area contributed by atoms with Crippen LogP contribution >= 0.6 is 15.9 Å². The monoisotopic (exact) mass is 302 g/mol. The van der Waals surface area contributed by atoms with Crippen LogP contribution in [0.25, 0.3) is 0 Å². The normalized spacial score (nSPS) is 9.83. The lowest BCUT2D eigenvalue weighted by molar-refractivity contribution is 0.984. The number of anilines is 1. The van der Waals surface area contributed by atoms with Crippen molar-refractivity contribution in [2.45, 2.75) is 13.5 Å². The maximum atomic E-state index is 8.88. The molecule has 0 spiro atoms. The predicted octanol–water partition coefficient (Wildman–Crippen LogP) is 3.03. The smallest absolute Gasteiger partial charge is 0.0992 e. The lowest BCUT2D eigenvalue weighted by Crippen LogP contribution is -2.02. The first-order valence-electron chi connectivity index (χ1n) is 5.39. The molecule has 0 saturated heterocycles. The number of nitrogens with one attached hydrogen (secondary N) is 1. The number of aryl methyl sites for hydroxylation is 1. The number of hydrogen-bond acceptors (Lipinski definition) is 4. The molecule has 1 heterocycles. The van der Waals surface area contributed by atoms with Crippen LogP contribution in [0.2, 0.25) is 0 Å². The van der Waals surface area contributed by atoms with Gasteiger partial charge in [0.25, 0.3) is 0 Å². The largest absolute Gasteiger partial charge is 0.379 e. The number of hydrogen-bond donors (Lipinski definition) is 1. The van der Waals surface area contributed by atoms with Crippen molar-refractivity contribution in [1.82, 2.24) is 9.97 Å². The van der Waals surface area contributed by atoms with Gasteiger partial charge in [-0.3, -0.25) is 9.97 Å². The van der Waals surface area contributed by atoms with Crippen LogP contribution in [0.1, 0.15) is 17.0 Å². The fourth-order valence-electron chi connectivity index (χ4n) is 1.46. The van der Waals surface area contributed by atoms with Gasteiger partial charge in [-0.2, -0.15) is 5.26 Å². The molecule has 0 amide bonds. The van der Waals surface area contributed by atoms with Crippen LogP contribution in [-0.4, -0.2) is 9.97 Å². The van der Waals surface area contributed by atoms with Gasteiger partial charge in [-0.15, -0.1) is 0 Å². The van der Waals surface area contributed by atoms with E-state index in [1.165, 1.54) is 0 Å². The molecule has 4 nitrogen and oxygen atoms in total. The Hall–Kier alpha value is -1.93. The van der Waals surface area contributed by atoms with Crippen LogP contribution in [0.4, 0.5) is 5.69 Å². The highest BCUT2D eigenvalue weighted by molar-refractivity contribution is 9.10. The van der Waals surface area contributed by atoms with Gasteiger partial charge in [-0.25, -0.2) is 0 Å². The molecule has 0 aliphatic rings. The summed E-state index contributed by atoms with van der Waals surface area (Å²) in [6.45, 7) is 2.48. The lowest BCUT2D eigenvalue weighted by Gasteiger charge is -2.07. The number of halogens is 1. The zero-order valence-electron chi connectivity index (χ0n) is 9.81. The Morgan fingerprint density at radius 1 is 1.28 bits per heavy atom. The van der Waals surface area contributed by atoms with Crippen molar-refractivity contribution in [1.29, 1.82) is 5.26 Å². The SMILES string of the molecule is Cc1cnc(CNc2cc(Br)cc(C#N)c2)cn1. The van der Waals surface area contributed by atoms with Crippen molar-refractivity contribution in [2.24, 2.45) is 0 Å². The highest BCUT2D eigenvalue weighted by atomic mass is 79.9. The van der Waals surface area contributed by atoms with Gasteiger partial charge >= 0.3 is 0 Å². The van der Waals surface area contributed by atoms with Gasteiger partial charge in [0, 0.05) is 16.4 Å². The number of benzene rings is 1. The van der Waals surface area contributed by atoms with Gasteiger partial charge in [0.15, 0.2) is 0 Å². The highest BCUT2D eigenvalue weighted by Gasteiger charge is 2.00. The first kappa shape index (κ1) is 12.5. The second-order valence-corrected chi connectivity index (χ2v) is 4.76. The average Bonchev–Trinajstić information content (AvgIpc) is 2.37. The van der Waals surface area contributed by atoms with Gasteiger partial charge in [0.1, 0.15) is 0 Å². The summed E-state index contributed by atoms with van der Waals surface area (Å²) in [6, 6.07) is 7.61. The van der Waals surface area contributed by atoms with E-state index in [-0.39, 0.29) is 0 Å². The molecule has 0 unspecified atom stereocenters. The summed E-state index contributed by atoms with van der Waals surface area (Å²) < 4.78 is 0.874. The summed E-state index contributed by atoms with van der Waals surface area (Å²) in [5.41, 5.74) is 3.25. The van der Waals surface area contributed by atoms with E-state index in [2.05, 4.69) is 37.3 Å². The quantitative estimate of drug-likeness (QED) is 0.946. The maximum absolute atomic E-state index is 8.88. The molecule has 0 aliphatic carbocycles. The van der Waals surface area contributed by atoms with E-state index in [4.69, 9.17) is 5.26 Å². The Bertz CT molecular complexity index is 587. The molecule has 90 valence electrons. The molecule has 0 radical (unpaired) electrons.